The van der Waals surface area contributed by atoms with Gasteiger partial charge in [-0.25, -0.2) is 9.97 Å². The smallest absolute Gasteiger partial charge is 0.225 e. The van der Waals surface area contributed by atoms with Gasteiger partial charge in [0, 0.05) is 32.6 Å². The number of methoxy groups -OCH3 is 1. The maximum absolute atomic E-state index is 5.50. The van der Waals surface area contributed by atoms with Gasteiger partial charge in [0.2, 0.25) is 5.95 Å². The number of halogens is 1. The van der Waals surface area contributed by atoms with Crippen LogP contribution in [0.3, 0.4) is 0 Å². The van der Waals surface area contributed by atoms with E-state index < -0.39 is 0 Å². The monoisotopic (exact) mass is 288 g/mol. The summed E-state index contributed by atoms with van der Waals surface area (Å²) in [6.45, 7) is 2.95. The zero-order chi connectivity index (χ0) is 11.8. The van der Waals surface area contributed by atoms with E-state index in [0.717, 1.165) is 24.0 Å². The maximum atomic E-state index is 5.50. The summed E-state index contributed by atoms with van der Waals surface area (Å²) in [5.74, 6) is 0.716. The SMILES string of the molecule is COCCN(CCCN)c1ncc(Br)cn1. The van der Waals surface area contributed by atoms with Crippen molar-refractivity contribution in [3.05, 3.63) is 16.9 Å². The minimum Gasteiger partial charge on any atom is -0.383 e. The third-order valence-electron chi connectivity index (χ3n) is 2.09. The van der Waals surface area contributed by atoms with Crippen LogP contribution in [-0.4, -0.2) is 43.3 Å². The molecule has 0 fully saturated rings. The molecule has 16 heavy (non-hydrogen) atoms. The van der Waals surface area contributed by atoms with Crippen molar-refractivity contribution in [3.8, 4) is 0 Å². The van der Waals surface area contributed by atoms with Gasteiger partial charge < -0.3 is 15.4 Å². The zero-order valence-electron chi connectivity index (χ0n) is 9.40. The molecular formula is C10H17BrN4O. The molecular weight excluding hydrogens is 272 g/mol. The van der Waals surface area contributed by atoms with E-state index in [0.29, 0.717) is 19.1 Å². The molecule has 0 aliphatic heterocycles. The zero-order valence-corrected chi connectivity index (χ0v) is 11.0. The predicted molar refractivity (Wildman–Crippen MR) is 67.5 cm³/mol. The number of rotatable bonds is 7. The fourth-order valence-corrected chi connectivity index (χ4v) is 1.47. The number of ether oxygens (including phenoxy) is 1. The van der Waals surface area contributed by atoms with Gasteiger partial charge in [0.1, 0.15) is 0 Å². The van der Waals surface area contributed by atoms with Crippen molar-refractivity contribution in [1.82, 2.24) is 9.97 Å². The minimum atomic E-state index is 0.657. The van der Waals surface area contributed by atoms with E-state index in [1.807, 2.05) is 0 Å². The van der Waals surface area contributed by atoms with E-state index >= 15 is 0 Å². The van der Waals surface area contributed by atoms with Gasteiger partial charge in [0.25, 0.3) is 0 Å². The lowest BCUT2D eigenvalue weighted by Crippen LogP contribution is -2.31. The molecule has 5 nitrogen and oxygen atoms in total. The van der Waals surface area contributed by atoms with Crippen LogP contribution in [0.4, 0.5) is 5.95 Å². The van der Waals surface area contributed by atoms with Crippen molar-refractivity contribution in [2.24, 2.45) is 5.73 Å². The largest absolute Gasteiger partial charge is 0.383 e. The highest BCUT2D eigenvalue weighted by Crippen LogP contribution is 2.11. The van der Waals surface area contributed by atoms with Crippen molar-refractivity contribution in [2.45, 2.75) is 6.42 Å². The molecule has 1 aromatic rings. The second-order valence-electron chi connectivity index (χ2n) is 3.32. The molecule has 0 atom stereocenters. The Bertz CT molecular complexity index is 285. The molecule has 0 aliphatic carbocycles. The Morgan fingerprint density at radius 3 is 2.62 bits per heavy atom. The first-order valence-corrected chi connectivity index (χ1v) is 5.98. The van der Waals surface area contributed by atoms with Crippen molar-refractivity contribution in [3.63, 3.8) is 0 Å². The molecule has 0 aromatic carbocycles. The molecule has 1 heterocycles. The second-order valence-corrected chi connectivity index (χ2v) is 4.24. The number of nitrogens with two attached hydrogens (primary N) is 1. The van der Waals surface area contributed by atoms with E-state index in [1.165, 1.54) is 0 Å². The Balaban J connectivity index is 2.62. The van der Waals surface area contributed by atoms with Gasteiger partial charge in [-0.05, 0) is 28.9 Å². The molecule has 0 unspecified atom stereocenters. The number of hydrogen-bond donors (Lipinski definition) is 1. The molecule has 0 saturated heterocycles. The van der Waals surface area contributed by atoms with E-state index in [2.05, 4.69) is 30.8 Å². The third-order valence-corrected chi connectivity index (χ3v) is 2.50. The first kappa shape index (κ1) is 13.3. The fourth-order valence-electron chi connectivity index (χ4n) is 1.26. The van der Waals surface area contributed by atoms with Gasteiger partial charge in [-0.1, -0.05) is 0 Å². The van der Waals surface area contributed by atoms with Crippen LogP contribution in [0.25, 0.3) is 0 Å². The molecule has 0 bridgehead atoms. The van der Waals surface area contributed by atoms with Crippen LogP contribution in [-0.2, 0) is 4.74 Å². The van der Waals surface area contributed by atoms with E-state index in [9.17, 15) is 0 Å². The summed E-state index contributed by atoms with van der Waals surface area (Å²) in [6.07, 6.45) is 4.40. The third kappa shape index (κ3) is 4.42. The number of aromatic nitrogens is 2. The van der Waals surface area contributed by atoms with Gasteiger partial charge in [-0.15, -0.1) is 0 Å². The van der Waals surface area contributed by atoms with Crippen molar-refractivity contribution >= 4 is 21.9 Å². The summed E-state index contributed by atoms with van der Waals surface area (Å²) in [7, 11) is 1.68. The average molecular weight is 289 g/mol. The van der Waals surface area contributed by atoms with Crippen LogP contribution >= 0.6 is 15.9 Å². The number of nitrogens with zero attached hydrogens (tertiary/aromatic N) is 3. The Hall–Kier alpha value is -0.720. The lowest BCUT2D eigenvalue weighted by Gasteiger charge is -2.21. The first-order valence-electron chi connectivity index (χ1n) is 5.19. The molecule has 0 aliphatic rings. The van der Waals surface area contributed by atoms with Gasteiger partial charge >= 0.3 is 0 Å². The van der Waals surface area contributed by atoms with Crippen LogP contribution in [0.1, 0.15) is 6.42 Å². The minimum absolute atomic E-state index is 0.657. The molecule has 0 radical (unpaired) electrons. The van der Waals surface area contributed by atoms with Crippen LogP contribution in [0.2, 0.25) is 0 Å². The molecule has 90 valence electrons. The average Bonchev–Trinajstić information content (AvgIpc) is 2.31. The van der Waals surface area contributed by atoms with E-state index in [-0.39, 0.29) is 0 Å². The molecule has 0 spiro atoms. The van der Waals surface area contributed by atoms with Gasteiger partial charge in [0.05, 0.1) is 11.1 Å². The van der Waals surface area contributed by atoms with Crippen LogP contribution in [0.5, 0.6) is 0 Å². The standard InChI is InChI=1S/C10H17BrN4O/c1-16-6-5-15(4-2-3-12)10-13-7-9(11)8-14-10/h7-8H,2-6,12H2,1H3. The Morgan fingerprint density at radius 2 is 2.06 bits per heavy atom. The molecule has 1 rings (SSSR count). The summed E-state index contributed by atoms with van der Waals surface area (Å²) >= 11 is 3.31. The maximum Gasteiger partial charge on any atom is 0.225 e. The highest BCUT2D eigenvalue weighted by atomic mass is 79.9. The van der Waals surface area contributed by atoms with E-state index in [1.54, 1.807) is 19.5 Å². The number of anilines is 1. The normalized spacial score (nSPS) is 10.4. The van der Waals surface area contributed by atoms with Gasteiger partial charge in [-0.3, -0.25) is 0 Å². The van der Waals surface area contributed by atoms with Crippen LogP contribution in [0, 0.1) is 0 Å². The Kier molecular flexibility index (Phi) is 6.29. The summed E-state index contributed by atoms with van der Waals surface area (Å²) in [5, 5.41) is 0. The summed E-state index contributed by atoms with van der Waals surface area (Å²) in [4.78, 5) is 10.6. The molecule has 2 N–H and O–H groups in total. The molecule has 0 saturated carbocycles. The predicted octanol–water partition coefficient (Wildman–Crippen LogP) is 1.04. The second kappa shape index (κ2) is 7.54. The van der Waals surface area contributed by atoms with Crippen LogP contribution in [0.15, 0.2) is 16.9 Å². The van der Waals surface area contributed by atoms with Crippen LogP contribution < -0.4 is 10.6 Å². The summed E-state index contributed by atoms with van der Waals surface area (Å²) in [5.41, 5.74) is 5.50. The highest BCUT2D eigenvalue weighted by molar-refractivity contribution is 9.10. The topological polar surface area (TPSA) is 64.3 Å². The first-order chi connectivity index (χ1) is 7.77. The Labute approximate surface area is 104 Å². The quantitative estimate of drug-likeness (QED) is 0.812. The molecule has 6 heteroatoms. The Morgan fingerprint density at radius 1 is 1.38 bits per heavy atom. The summed E-state index contributed by atoms with van der Waals surface area (Å²) in [6, 6.07) is 0. The van der Waals surface area contributed by atoms with E-state index in [4.69, 9.17) is 10.5 Å². The summed E-state index contributed by atoms with van der Waals surface area (Å²) < 4.78 is 5.94. The highest BCUT2D eigenvalue weighted by Gasteiger charge is 2.08. The van der Waals surface area contributed by atoms with Crippen molar-refractivity contribution < 1.29 is 4.74 Å². The van der Waals surface area contributed by atoms with Crippen molar-refractivity contribution in [1.29, 1.82) is 0 Å². The lowest BCUT2D eigenvalue weighted by atomic mass is 10.4. The number of hydrogen-bond acceptors (Lipinski definition) is 5. The molecule has 1 aromatic heterocycles. The van der Waals surface area contributed by atoms with Crippen molar-refractivity contribution in [2.75, 3.05) is 38.3 Å². The lowest BCUT2D eigenvalue weighted by molar-refractivity contribution is 0.205. The van der Waals surface area contributed by atoms with Gasteiger partial charge in [-0.2, -0.15) is 0 Å². The molecule has 0 amide bonds. The van der Waals surface area contributed by atoms with Gasteiger partial charge in [0.15, 0.2) is 0 Å². The fraction of sp³-hybridized carbons (Fsp3) is 0.600.